The average molecular weight is 384 g/mol. The van der Waals surface area contributed by atoms with Gasteiger partial charge in [-0.15, -0.1) is 0 Å². The summed E-state index contributed by atoms with van der Waals surface area (Å²) in [6, 6.07) is 26.9. The molecule has 0 saturated heterocycles. The molecule has 1 heteroatoms. The standard InChI is InChI=1S/C28H33N/c1-20(2)27(28(3,4)5)22-14-16-25(17-15-22)29(24-9-7-6-8-10-24)26-18-13-21-11-12-23(21)19-26/h6-10,13-20,27H,11-12H2,1-5H3. The van der Waals surface area contributed by atoms with Gasteiger partial charge in [-0.3, -0.25) is 0 Å². The van der Waals surface area contributed by atoms with Gasteiger partial charge in [-0.1, -0.05) is 71.0 Å². The van der Waals surface area contributed by atoms with Crippen molar-refractivity contribution < 1.29 is 0 Å². The molecule has 29 heavy (non-hydrogen) atoms. The molecule has 0 amide bonds. The molecule has 0 aromatic heterocycles. The number of para-hydroxylation sites is 1. The number of nitrogens with zero attached hydrogens (tertiary/aromatic N) is 1. The zero-order chi connectivity index (χ0) is 20.6. The topological polar surface area (TPSA) is 3.24 Å². The number of aryl methyl sites for hydroxylation is 2. The second-order valence-electron chi connectivity index (χ2n) is 9.80. The largest absolute Gasteiger partial charge is 0.310 e. The van der Waals surface area contributed by atoms with E-state index in [1.54, 1.807) is 0 Å². The van der Waals surface area contributed by atoms with Crippen molar-refractivity contribution in [3.63, 3.8) is 0 Å². The zero-order valence-corrected chi connectivity index (χ0v) is 18.4. The lowest BCUT2D eigenvalue weighted by atomic mass is 9.70. The summed E-state index contributed by atoms with van der Waals surface area (Å²) in [5.74, 6) is 1.15. The lowest BCUT2D eigenvalue weighted by Crippen LogP contribution is -2.23. The quantitative estimate of drug-likeness (QED) is 0.431. The second kappa shape index (κ2) is 7.71. The Morgan fingerprint density at radius 1 is 0.690 bits per heavy atom. The molecule has 0 aliphatic heterocycles. The fourth-order valence-corrected chi connectivity index (χ4v) is 5.06. The lowest BCUT2D eigenvalue weighted by Gasteiger charge is -2.35. The summed E-state index contributed by atoms with van der Waals surface area (Å²) in [6.45, 7) is 11.7. The van der Waals surface area contributed by atoms with Crippen LogP contribution in [0.1, 0.15) is 57.2 Å². The number of fused-ring (bicyclic) bond motifs is 1. The predicted octanol–water partition coefficient (Wildman–Crippen LogP) is 8.04. The van der Waals surface area contributed by atoms with Gasteiger partial charge in [-0.05, 0) is 83.2 Å². The summed E-state index contributed by atoms with van der Waals surface area (Å²) >= 11 is 0. The highest BCUT2D eigenvalue weighted by Gasteiger charge is 2.29. The van der Waals surface area contributed by atoms with Crippen LogP contribution in [-0.4, -0.2) is 0 Å². The summed E-state index contributed by atoms with van der Waals surface area (Å²) in [7, 11) is 0. The van der Waals surface area contributed by atoms with E-state index in [0.717, 1.165) is 0 Å². The molecule has 1 aliphatic rings. The third kappa shape index (κ3) is 3.96. The van der Waals surface area contributed by atoms with Crippen molar-refractivity contribution >= 4 is 17.1 Å². The van der Waals surface area contributed by atoms with Crippen LogP contribution in [0.2, 0.25) is 0 Å². The van der Waals surface area contributed by atoms with Crippen molar-refractivity contribution in [2.24, 2.45) is 11.3 Å². The highest BCUT2D eigenvalue weighted by Crippen LogP contribution is 2.42. The fourth-order valence-electron chi connectivity index (χ4n) is 5.06. The molecule has 150 valence electrons. The first-order valence-electron chi connectivity index (χ1n) is 10.9. The molecule has 4 rings (SSSR count). The van der Waals surface area contributed by atoms with E-state index in [4.69, 9.17) is 0 Å². The molecule has 1 unspecified atom stereocenters. The molecule has 1 aliphatic carbocycles. The van der Waals surface area contributed by atoms with Gasteiger partial charge in [0.2, 0.25) is 0 Å². The summed E-state index contributed by atoms with van der Waals surface area (Å²) in [6.07, 6.45) is 2.42. The minimum absolute atomic E-state index is 0.247. The van der Waals surface area contributed by atoms with E-state index < -0.39 is 0 Å². The van der Waals surface area contributed by atoms with Crippen molar-refractivity contribution in [1.29, 1.82) is 0 Å². The summed E-state index contributed by atoms with van der Waals surface area (Å²) in [5.41, 5.74) is 8.34. The summed E-state index contributed by atoms with van der Waals surface area (Å²) in [4.78, 5) is 2.38. The van der Waals surface area contributed by atoms with Crippen molar-refractivity contribution in [2.75, 3.05) is 4.90 Å². The third-order valence-electron chi connectivity index (χ3n) is 6.24. The molecule has 0 saturated carbocycles. The normalized spacial score (nSPS) is 14.3. The molecule has 3 aromatic rings. The van der Waals surface area contributed by atoms with Crippen LogP contribution in [0, 0.1) is 11.3 Å². The molecule has 3 aromatic carbocycles. The first-order chi connectivity index (χ1) is 13.8. The van der Waals surface area contributed by atoms with E-state index in [0.29, 0.717) is 11.8 Å². The van der Waals surface area contributed by atoms with Crippen LogP contribution in [0.4, 0.5) is 17.1 Å². The van der Waals surface area contributed by atoms with Crippen LogP contribution >= 0.6 is 0 Å². The van der Waals surface area contributed by atoms with Gasteiger partial charge in [-0.25, -0.2) is 0 Å². The van der Waals surface area contributed by atoms with Crippen LogP contribution in [0.3, 0.4) is 0 Å². The predicted molar refractivity (Wildman–Crippen MR) is 126 cm³/mol. The highest BCUT2D eigenvalue weighted by atomic mass is 15.1. The monoisotopic (exact) mass is 383 g/mol. The Morgan fingerprint density at radius 3 is 1.79 bits per heavy atom. The molecule has 1 atom stereocenters. The first kappa shape index (κ1) is 19.8. The number of benzene rings is 3. The van der Waals surface area contributed by atoms with Crippen LogP contribution < -0.4 is 4.90 Å². The van der Waals surface area contributed by atoms with E-state index in [1.807, 2.05) is 0 Å². The van der Waals surface area contributed by atoms with Crippen molar-refractivity contribution in [1.82, 2.24) is 0 Å². The molecule has 0 N–H and O–H groups in total. The van der Waals surface area contributed by atoms with Gasteiger partial charge >= 0.3 is 0 Å². The van der Waals surface area contributed by atoms with E-state index in [9.17, 15) is 0 Å². The number of hydrogen-bond donors (Lipinski definition) is 0. The van der Waals surface area contributed by atoms with Crippen LogP contribution in [0.15, 0.2) is 72.8 Å². The van der Waals surface area contributed by atoms with Crippen LogP contribution in [0.5, 0.6) is 0 Å². The van der Waals surface area contributed by atoms with Gasteiger partial charge in [-0.2, -0.15) is 0 Å². The number of anilines is 3. The molecule has 0 radical (unpaired) electrons. The third-order valence-corrected chi connectivity index (χ3v) is 6.24. The highest BCUT2D eigenvalue weighted by molar-refractivity contribution is 5.77. The van der Waals surface area contributed by atoms with Gasteiger partial charge in [0, 0.05) is 17.1 Å². The first-order valence-corrected chi connectivity index (χ1v) is 10.9. The molecule has 1 nitrogen and oxygen atoms in total. The van der Waals surface area contributed by atoms with Gasteiger partial charge in [0.05, 0.1) is 0 Å². The minimum atomic E-state index is 0.247. The van der Waals surface area contributed by atoms with Crippen molar-refractivity contribution in [2.45, 2.75) is 53.4 Å². The van der Waals surface area contributed by atoms with Gasteiger partial charge in [0.25, 0.3) is 0 Å². The average Bonchev–Trinajstić information content (AvgIpc) is 2.65. The Labute approximate surface area is 176 Å². The van der Waals surface area contributed by atoms with Gasteiger partial charge < -0.3 is 4.90 Å². The summed E-state index contributed by atoms with van der Waals surface area (Å²) in [5, 5.41) is 0. The smallest absolute Gasteiger partial charge is 0.0464 e. The molecular weight excluding hydrogens is 350 g/mol. The Kier molecular flexibility index (Phi) is 5.25. The number of hydrogen-bond acceptors (Lipinski definition) is 1. The maximum atomic E-state index is 2.38. The van der Waals surface area contributed by atoms with Crippen LogP contribution in [-0.2, 0) is 12.8 Å². The lowest BCUT2D eigenvalue weighted by molar-refractivity contribution is 0.258. The second-order valence-corrected chi connectivity index (χ2v) is 9.80. The van der Waals surface area contributed by atoms with Gasteiger partial charge in [0.15, 0.2) is 0 Å². The van der Waals surface area contributed by atoms with E-state index in [-0.39, 0.29) is 5.41 Å². The van der Waals surface area contributed by atoms with Crippen LogP contribution in [0.25, 0.3) is 0 Å². The van der Waals surface area contributed by atoms with Crippen molar-refractivity contribution in [3.8, 4) is 0 Å². The Hall–Kier alpha value is -2.54. The Balaban J connectivity index is 1.74. The molecular formula is C28H33N. The fraction of sp³-hybridized carbons (Fsp3) is 0.357. The van der Waals surface area contributed by atoms with Crippen molar-refractivity contribution in [3.05, 3.63) is 89.5 Å². The molecule has 0 heterocycles. The van der Waals surface area contributed by atoms with Gasteiger partial charge in [0.1, 0.15) is 0 Å². The number of rotatable bonds is 5. The van der Waals surface area contributed by atoms with E-state index >= 15 is 0 Å². The summed E-state index contributed by atoms with van der Waals surface area (Å²) < 4.78 is 0. The van der Waals surface area contributed by atoms with E-state index in [2.05, 4.69) is 112 Å². The SMILES string of the molecule is CC(C)C(c1ccc(N(c2ccccc2)c2ccc3c(c2)CC3)cc1)C(C)(C)C. The molecule has 0 bridgehead atoms. The molecule has 0 spiro atoms. The maximum Gasteiger partial charge on any atom is 0.0464 e. The minimum Gasteiger partial charge on any atom is -0.310 e. The van der Waals surface area contributed by atoms with E-state index in [1.165, 1.54) is 46.6 Å². The Morgan fingerprint density at radius 2 is 1.28 bits per heavy atom. The maximum absolute atomic E-state index is 2.38. The Bertz CT molecular complexity index is 961. The molecule has 0 fully saturated rings. The zero-order valence-electron chi connectivity index (χ0n) is 18.4.